The number of hydrogen-bond donors (Lipinski definition) is 2. The van der Waals surface area contributed by atoms with Crippen LogP contribution in [0.2, 0.25) is 0 Å². The van der Waals surface area contributed by atoms with Crippen LogP contribution in [-0.4, -0.2) is 25.5 Å². The highest BCUT2D eigenvalue weighted by atomic mass is 32.2. The lowest BCUT2D eigenvalue weighted by molar-refractivity contribution is 0.428. The molecule has 0 atom stereocenters. The highest BCUT2D eigenvalue weighted by Crippen LogP contribution is 2.23. The maximum absolute atomic E-state index is 12.6. The molecule has 1 aromatic heterocycles. The van der Waals surface area contributed by atoms with Crippen molar-refractivity contribution in [3.63, 3.8) is 0 Å². The van der Waals surface area contributed by atoms with Gasteiger partial charge in [-0.1, -0.05) is 12.1 Å². The van der Waals surface area contributed by atoms with Gasteiger partial charge in [0.1, 0.15) is 0 Å². The summed E-state index contributed by atoms with van der Waals surface area (Å²) in [7, 11) is -3.60. The number of fused-ring (bicyclic) bond motifs is 1. The molecule has 0 radical (unpaired) electrons. The van der Waals surface area contributed by atoms with E-state index in [1.165, 1.54) is 0 Å². The zero-order chi connectivity index (χ0) is 14.8. The number of aromatic nitrogens is 1. The quantitative estimate of drug-likeness (QED) is 0.877. The number of pyridine rings is 1. The Bertz CT molecular complexity index is 706. The lowest BCUT2D eigenvalue weighted by Gasteiger charge is -2.25. The Balaban J connectivity index is 2.47. The minimum Gasteiger partial charge on any atom is -0.330 e. The molecule has 0 saturated heterocycles. The predicted octanol–water partition coefficient (Wildman–Crippen LogP) is 1.64. The third-order valence-electron chi connectivity index (χ3n) is 3.11. The average molecular weight is 293 g/mol. The zero-order valence-corrected chi connectivity index (χ0v) is 12.4. The Morgan fingerprint density at radius 3 is 2.75 bits per heavy atom. The summed E-state index contributed by atoms with van der Waals surface area (Å²) in [5.41, 5.74) is 4.94. The van der Waals surface area contributed by atoms with E-state index in [0.29, 0.717) is 18.4 Å². The summed E-state index contributed by atoms with van der Waals surface area (Å²) in [4.78, 5) is 4.27. The van der Waals surface area contributed by atoms with Crippen LogP contribution in [0.1, 0.15) is 20.3 Å². The number of nitrogens with two attached hydrogens (primary N) is 1. The first-order valence-corrected chi connectivity index (χ1v) is 7.91. The highest BCUT2D eigenvalue weighted by molar-refractivity contribution is 7.89. The maximum atomic E-state index is 12.6. The second-order valence-electron chi connectivity index (χ2n) is 5.38. The summed E-state index contributed by atoms with van der Waals surface area (Å²) in [5, 5.41) is 1.46. The smallest absolute Gasteiger partial charge is 0.241 e. The molecule has 20 heavy (non-hydrogen) atoms. The van der Waals surface area contributed by atoms with Crippen LogP contribution in [0.15, 0.2) is 41.6 Å². The van der Waals surface area contributed by atoms with Gasteiger partial charge in [0.2, 0.25) is 10.0 Å². The van der Waals surface area contributed by atoms with Crippen molar-refractivity contribution in [2.24, 2.45) is 5.73 Å². The molecule has 0 fully saturated rings. The van der Waals surface area contributed by atoms with Crippen LogP contribution in [0.3, 0.4) is 0 Å². The number of sulfonamides is 1. The molecule has 0 aliphatic heterocycles. The highest BCUT2D eigenvalue weighted by Gasteiger charge is 2.26. The van der Waals surface area contributed by atoms with Crippen molar-refractivity contribution in [2.45, 2.75) is 30.7 Å². The summed E-state index contributed by atoms with van der Waals surface area (Å²) < 4.78 is 27.8. The van der Waals surface area contributed by atoms with Crippen molar-refractivity contribution in [1.29, 1.82) is 0 Å². The molecular formula is C14H19N3O2S. The number of rotatable bonds is 5. The van der Waals surface area contributed by atoms with Crippen molar-refractivity contribution in [1.82, 2.24) is 9.71 Å². The van der Waals surface area contributed by atoms with E-state index in [-0.39, 0.29) is 4.90 Å². The van der Waals surface area contributed by atoms with Crippen LogP contribution in [0, 0.1) is 0 Å². The fourth-order valence-corrected chi connectivity index (χ4v) is 3.83. The molecule has 0 unspecified atom stereocenters. The fraction of sp³-hybridized carbons (Fsp3) is 0.357. The second kappa shape index (κ2) is 5.47. The molecule has 0 amide bonds. The summed E-state index contributed by atoms with van der Waals surface area (Å²) in [5.74, 6) is 0. The number of nitrogens with one attached hydrogen (secondary N) is 1. The van der Waals surface area contributed by atoms with Gasteiger partial charge in [-0.05, 0) is 38.9 Å². The zero-order valence-electron chi connectivity index (χ0n) is 11.6. The fourth-order valence-electron chi connectivity index (χ4n) is 2.16. The Morgan fingerprint density at radius 1 is 1.30 bits per heavy atom. The first kappa shape index (κ1) is 14.9. The van der Waals surface area contributed by atoms with Gasteiger partial charge in [-0.15, -0.1) is 0 Å². The van der Waals surface area contributed by atoms with Crippen LogP contribution in [0.4, 0.5) is 0 Å². The van der Waals surface area contributed by atoms with Gasteiger partial charge in [0.25, 0.3) is 0 Å². The number of hydrogen-bond acceptors (Lipinski definition) is 4. The Kier molecular flexibility index (Phi) is 4.08. The van der Waals surface area contributed by atoms with Gasteiger partial charge in [0.05, 0.1) is 4.90 Å². The van der Waals surface area contributed by atoms with Gasteiger partial charge in [-0.25, -0.2) is 13.1 Å². The van der Waals surface area contributed by atoms with Gasteiger partial charge in [-0.2, -0.15) is 0 Å². The third-order valence-corrected chi connectivity index (χ3v) is 4.87. The molecule has 108 valence electrons. The standard InChI is InChI=1S/C14H19N3O2S/c1-14(2,7-8-15)17-20(18,19)13-5-3-4-11-10-16-9-6-12(11)13/h3-6,9-10,17H,7-8,15H2,1-2H3. The van der Waals surface area contributed by atoms with Crippen molar-refractivity contribution in [2.75, 3.05) is 6.54 Å². The average Bonchev–Trinajstić information content (AvgIpc) is 2.36. The van der Waals surface area contributed by atoms with Crippen LogP contribution in [-0.2, 0) is 10.0 Å². The largest absolute Gasteiger partial charge is 0.330 e. The molecular weight excluding hydrogens is 274 g/mol. The lowest BCUT2D eigenvalue weighted by atomic mass is 10.0. The van der Waals surface area contributed by atoms with Gasteiger partial charge in [0, 0.05) is 28.7 Å². The molecule has 0 aliphatic carbocycles. The van der Waals surface area contributed by atoms with Crippen LogP contribution >= 0.6 is 0 Å². The molecule has 1 heterocycles. The van der Waals surface area contributed by atoms with Crippen molar-refractivity contribution in [3.05, 3.63) is 36.7 Å². The first-order chi connectivity index (χ1) is 9.36. The van der Waals surface area contributed by atoms with E-state index in [2.05, 4.69) is 9.71 Å². The van der Waals surface area contributed by atoms with E-state index in [1.807, 2.05) is 19.9 Å². The molecule has 0 aliphatic rings. The van der Waals surface area contributed by atoms with Crippen molar-refractivity contribution >= 4 is 20.8 Å². The molecule has 3 N–H and O–H groups in total. The minimum absolute atomic E-state index is 0.266. The minimum atomic E-state index is -3.60. The Morgan fingerprint density at radius 2 is 2.05 bits per heavy atom. The normalized spacial score (nSPS) is 12.8. The van der Waals surface area contributed by atoms with E-state index >= 15 is 0 Å². The molecule has 0 bridgehead atoms. The molecule has 1 aromatic carbocycles. The van der Waals surface area contributed by atoms with Gasteiger partial charge >= 0.3 is 0 Å². The summed E-state index contributed by atoms with van der Waals surface area (Å²) in [6, 6.07) is 6.86. The number of benzene rings is 1. The van der Waals surface area contributed by atoms with Gasteiger partial charge in [0.15, 0.2) is 0 Å². The maximum Gasteiger partial charge on any atom is 0.241 e. The lowest BCUT2D eigenvalue weighted by Crippen LogP contribution is -2.44. The van der Waals surface area contributed by atoms with Gasteiger partial charge < -0.3 is 5.73 Å². The monoisotopic (exact) mass is 293 g/mol. The van der Waals surface area contributed by atoms with E-state index in [4.69, 9.17) is 5.73 Å². The molecule has 5 nitrogen and oxygen atoms in total. The van der Waals surface area contributed by atoms with E-state index in [9.17, 15) is 8.42 Å². The number of nitrogens with zero attached hydrogens (tertiary/aromatic N) is 1. The van der Waals surface area contributed by atoms with Crippen LogP contribution in [0.5, 0.6) is 0 Å². The summed E-state index contributed by atoms with van der Waals surface area (Å²) in [6.45, 7) is 4.07. The second-order valence-corrected chi connectivity index (χ2v) is 7.03. The molecule has 0 saturated carbocycles. The summed E-state index contributed by atoms with van der Waals surface area (Å²) in [6.07, 6.45) is 3.81. The summed E-state index contributed by atoms with van der Waals surface area (Å²) >= 11 is 0. The van der Waals surface area contributed by atoms with E-state index in [1.54, 1.807) is 30.6 Å². The van der Waals surface area contributed by atoms with E-state index < -0.39 is 15.6 Å². The molecule has 0 spiro atoms. The topological polar surface area (TPSA) is 85.1 Å². The Labute approximate surface area is 119 Å². The molecule has 2 aromatic rings. The van der Waals surface area contributed by atoms with Crippen molar-refractivity contribution < 1.29 is 8.42 Å². The van der Waals surface area contributed by atoms with Crippen LogP contribution < -0.4 is 10.5 Å². The molecule has 6 heteroatoms. The predicted molar refractivity (Wildman–Crippen MR) is 79.8 cm³/mol. The Hall–Kier alpha value is -1.50. The third kappa shape index (κ3) is 3.15. The van der Waals surface area contributed by atoms with Gasteiger partial charge in [-0.3, -0.25) is 4.98 Å². The first-order valence-electron chi connectivity index (χ1n) is 6.42. The van der Waals surface area contributed by atoms with Crippen molar-refractivity contribution in [3.8, 4) is 0 Å². The SMILES string of the molecule is CC(C)(CCN)NS(=O)(=O)c1cccc2cnccc12. The van der Waals surface area contributed by atoms with E-state index in [0.717, 1.165) is 5.39 Å². The van der Waals surface area contributed by atoms with Crippen LogP contribution in [0.25, 0.3) is 10.8 Å². The molecule has 2 rings (SSSR count).